The molecule has 0 spiro atoms. The first kappa shape index (κ1) is 12.4. The number of alkyl halides is 3. The van der Waals surface area contributed by atoms with E-state index < -0.39 is 23.2 Å². The van der Waals surface area contributed by atoms with Crippen LogP contribution in [0, 0.1) is 0 Å². The van der Waals surface area contributed by atoms with Crippen LogP contribution in [-0.2, 0) is 16.5 Å². The molecule has 2 rings (SSSR count). The highest BCUT2D eigenvalue weighted by molar-refractivity contribution is 5.84. The summed E-state index contributed by atoms with van der Waals surface area (Å²) in [4.78, 5) is 11.2. The molecule has 1 aromatic rings. The molecule has 3 N–H and O–H groups in total. The van der Waals surface area contributed by atoms with E-state index in [2.05, 4.69) is 10.9 Å². The topological polar surface area (TPSA) is 61.4 Å². The second kappa shape index (κ2) is 4.02. The summed E-state index contributed by atoms with van der Waals surface area (Å²) in [5, 5.41) is 9.18. The predicted octanol–water partition coefficient (Wildman–Crippen LogP) is 1.61. The summed E-state index contributed by atoms with van der Waals surface area (Å²) in [6.45, 7) is 0. The molecule has 0 saturated carbocycles. The number of carboxylic acids is 1. The van der Waals surface area contributed by atoms with Crippen LogP contribution in [0.25, 0.3) is 0 Å². The smallest absolute Gasteiger partial charge is 0.416 e. The average molecular weight is 258 g/mol. The highest BCUT2D eigenvalue weighted by atomic mass is 19.4. The van der Waals surface area contributed by atoms with Crippen molar-refractivity contribution in [3.05, 3.63) is 47.7 Å². The van der Waals surface area contributed by atoms with Crippen LogP contribution in [0.4, 0.5) is 13.2 Å². The number of carboxylic acid groups (broad SMARTS) is 1. The van der Waals surface area contributed by atoms with E-state index in [4.69, 9.17) is 0 Å². The molecule has 0 bridgehead atoms. The first-order valence-electron chi connectivity index (χ1n) is 4.98. The Labute approximate surface area is 100 Å². The van der Waals surface area contributed by atoms with Crippen LogP contribution in [0.5, 0.6) is 0 Å². The maximum atomic E-state index is 12.6. The molecule has 0 amide bonds. The molecule has 0 saturated heterocycles. The maximum Gasteiger partial charge on any atom is 0.416 e. The molecule has 96 valence electrons. The van der Waals surface area contributed by atoms with Crippen molar-refractivity contribution < 1.29 is 23.1 Å². The maximum absolute atomic E-state index is 12.6. The molecule has 1 aromatic carbocycles. The summed E-state index contributed by atoms with van der Waals surface area (Å²) >= 11 is 0. The minimum atomic E-state index is -4.51. The van der Waals surface area contributed by atoms with Gasteiger partial charge in [-0.1, -0.05) is 12.1 Å². The Morgan fingerprint density at radius 2 is 2.06 bits per heavy atom. The Morgan fingerprint density at radius 3 is 2.56 bits per heavy atom. The van der Waals surface area contributed by atoms with Gasteiger partial charge in [-0.15, -0.1) is 0 Å². The van der Waals surface area contributed by atoms with Gasteiger partial charge in [-0.2, -0.15) is 13.2 Å². The minimum Gasteiger partial charge on any atom is -0.479 e. The van der Waals surface area contributed by atoms with Crippen molar-refractivity contribution in [2.75, 3.05) is 0 Å². The van der Waals surface area contributed by atoms with Gasteiger partial charge in [0.25, 0.3) is 0 Å². The minimum absolute atomic E-state index is 0.00563. The predicted molar refractivity (Wildman–Crippen MR) is 56.2 cm³/mol. The first-order chi connectivity index (χ1) is 8.36. The van der Waals surface area contributed by atoms with E-state index in [0.29, 0.717) is 0 Å². The number of halogens is 3. The van der Waals surface area contributed by atoms with Gasteiger partial charge in [0.05, 0.1) is 5.56 Å². The van der Waals surface area contributed by atoms with Gasteiger partial charge in [0.2, 0.25) is 0 Å². The van der Waals surface area contributed by atoms with Crippen LogP contribution in [0.2, 0.25) is 0 Å². The molecule has 0 aromatic heterocycles. The van der Waals surface area contributed by atoms with Gasteiger partial charge >= 0.3 is 12.1 Å². The van der Waals surface area contributed by atoms with Gasteiger partial charge in [-0.3, -0.25) is 0 Å². The molecule has 0 radical (unpaired) electrons. The van der Waals surface area contributed by atoms with Crippen molar-refractivity contribution in [2.45, 2.75) is 11.7 Å². The van der Waals surface area contributed by atoms with Crippen LogP contribution >= 0.6 is 0 Å². The lowest BCUT2D eigenvalue weighted by Gasteiger charge is -2.23. The fraction of sp³-hybridized carbons (Fsp3) is 0.182. The van der Waals surface area contributed by atoms with E-state index in [-0.39, 0.29) is 5.56 Å². The number of rotatable bonds is 2. The van der Waals surface area contributed by atoms with E-state index >= 15 is 0 Å². The van der Waals surface area contributed by atoms with E-state index in [1.54, 1.807) is 0 Å². The largest absolute Gasteiger partial charge is 0.479 e. The molecular weight excluding hydrogens is 249 g/mol. The molecule has 1 aliphatic rings. The summed E-state index contributed by atoms with van der Waals surface area (Å²) in [6.07, 6.45) is -1.93. The van der Waals surface area contributed by atoms with Gasteiger partial charge in [0.15, 0.2) is 5.54 Å². The average Bonchev–Trinajstić information content (AvgIpc) is 2.78. The van der Waals surface area contributed by atoms with Gasteiger partial charge in [-0.05, 0) is 23.8 Å². The quantitative estimate of drug-likeness (QED) is 0.754. The van der Waals surface area contributed by atoms with Crippen LogP contribution in [-0.4, -0.2) is 11.1 Å². The van der Waals surface area contributed by atoms with Crippen LogP contribution in [0.1, 0.15) is 11.1 Å². The molecule has 0 aliphatic carbocycles. The number of hydrazine groups is 1. The van der Waals surface area contributed by atoms with Gasteiger partial charge in [0.1, 0.15) is 0 Å². The van der Waals surface area contributed by atoms with Crippen molar-refractivity contribution in [1.29, 1.82) is 0 Å². The summed E-state index contributed by atoms with van der Waals surface area (Å²) in [5.74, 6) is -1.29. The third-order valence-electron chi connectivity index (χ3n) is 2.67. The summed E-state index contributed by atoms with van der Waals surface area (Å²) in [7, 11) is 0. The van der Waals surface area contributed by atoms with Crippen LogP contribution in [0.15, 0.2) is 36.5 Å². The highest BCUT2D eigenvalue weighted by Crippen LogP contribution is 2.33. The van der Waals surface area contributed by atoms with Crippen molar-refractivity contribution in [3.8, 4) is 0 Å². The van der Waals surface area contributed by atoms with Crippen molar-refractivity contribution in [1.82, 2.24) is 10.9 Å². The molecule has 1 heterocycles. The lowest BCUT2D eigenvalue weighted by Crippen LogP contribution is -2.48. The number of aliphatic carboxylic acids is 1. The molecule has 4 nitrogen and oxygen atoms in total. The molecule has 1 atom stereocenters. The van der Waals surface area contributed by atoms with Crippen LogP contribution < -0.4 is 10.9 Å². The Balaban J connectivity index is 2.51. The van der Waals surface area contributed by atoms with Crippen LogP contribution in [0.3, 0.4) is 0 Å². The zero-order chi connectivity index (χ0) is 13.4. The Hall–Kier alpha value is -2.02. The Kier molecular flexibility index (Phi) is 2.78. The molecule has 1 aliphatic heterocycles. The summed E-state index contributed by atoms with van der Waals surface area (Å²) in [6, 6.07) is 4.22. The van der Waals surface area contributed by atoms with Gasteiger partial charge < -0.3 is 10.5 Å². The third-order valence-corrected chi connectivity index (χ3v) is 2.67. The van der Waals surface area contributed by atoms with E-state index in [1.807, 2.05) is 0 Å². The Bertz CT molecular complexity index is 513. The summed E-state index contributed by atoms with van der Waals surface area (Å²) < 4.78 is 37.7. The molecule has 7 heteroatoms. The fourth-order valence-corrected chi connectivity index (χ4v) is 1.72. The van der Waals surface area contributed by atoms with Gasteiger partial charge in [0, 0.05) is 6.20 Å². The zero-order valence-electron chi connectivity index (χ0n) is 8.95. The molecule has 18 heavy (non-hydrogen) atoms. The normalized spacial score (nSPS) is 22.8. The number of benzene rings is 1. The SMILES string of the molecule is O=C(O)C1(c2cccc(C(F)(F)F)c2)C=CNN1. The van der Waals surface area contributed by atoms with Crippen molar-refractivity contribution in [3.63, 3.8) is 0 Å². The second-order valence-corrected chi connectivity index (χ2v) is 3.79. The molecule has 0 fully saturated rings. The lowest BCUT2D eigenvalue weighted by molar-refractivity contribution is -0.143. The summed E-state index contributed by atoms with van der Waals surface area (Å²) in [5.41, 5.74) is 2.34. The zero-order valence-corrected chi connectivity index (χ0v) is 8.95. The number of hydrogen-bond acceptors (Lipinski definition) is 3. The van der Waals surface area contributed by atoms with Gasteiger partial charge in [-0.25, -0.2) is 10.2 Å². The van der Waals surface area contributed by atoms with E-state index in [0.717, 1.165) is 12.1 Å². The van der Waals surface area contributed by atoms with E-state index in [1.165, 1.54) is 24.4 Å². The van der Waals surface area contributed by atoms with Crippen molar-refractivity contribution >= 4 is 5.97 Å². The standard InChI is InChI=1S/C11H9F3N2O2/c12-11(13,14)8-3-1-2-7(6-8)10(9(17)18)4-5-15-16-10/h1-6,15-16H,(H,17,18). The Morgan fingerprint density at radius 1 is 1.33 bits per heavy atom. The second-order valence-electron chi connectivity index (χ2n) is 3.79. The fourth-order valence-electron chi connectivity index (χ4n) is 1.72. The monoisotopic (exact) mass is 258 g/mol. The number of nitrogens with one attached hydrogen (secondary N) is 2. The number of carbonyl (C=O) groups is 1. The molecular formula is C11H9F3N2O2. The highest BCUT2D eigenvalue weighted by Gasteiger charge is 2.41. The first-order valence-corrected chi connectivity index (χ1v) is 4.98. The molecule has 1 unspecified atom stereocenters. The number of hydrogen-bond donors (Lipinski definition) is 3. The lowest BCUT2D eigenvalue weighted by atomic mass is 9.90. The van der Waals surface area contributed by atoms with Crippen molar-refractivity contribution in [2.24, 2.45) is 0 Å². The van der Waals surface area contributed by atoms with E-state index in [9.17, 15) is 23.1 Å². The third kappa shape index (κ3) is 1.92.